The minimum atomic E-state index is -3.49. The molecule has 9 nitrogen and oxygen atoms in total. The first-order valence-corrected chi connectivity index (χ1v) is 12.4. The van der Waals surface area contributed by atoms with Gasteiger partial charge in [0.1, 0.15) is 0 Å². The highest BCUT2D eigenvalue weighted by molar-refractivity contribution is 7.90. The number of carbonyl (C=O) groups is 2. The Labute approximate surface area is 191 Å². The van der Waals surface area contributed by atoms with Crippen molar-refractivity contribution < 1.29 is 23.1 Å². The Morgan fingerprint density at radius 2 is 1.94 bits per heavy atom. The van der Waals surface area contributed by atoms with Crippen LogP contribution in [0.3, 0.4) is 0 Å². The van der Waals surface area contributed by atoms with Gasteiger partial charge in [0, 0.05) is 6.26 Å². The number of hydrogen-bond donors (Lipinski definition) is 3. The Balaban J connectivity index is 1.84. The third kappa shape index (κ3) is 5.81. The average molecular weight is 481 g/mol. The fraction of sp³-hybridized carbons (Fsp3) is 0.429. The number of aromatic nitrogens is 2. The minimum Gasteiger partial charge on any atom is -0.377 e. The third-order valence-corrected chi connectivity index (χ3v) is 7.17. The third-order valence-electron chi connectivity index (χ3n) is 5.59. The van der Waals surface area contributed by atoms with E-state index in [1.807, 2.05) is 0 Å². The molecule has 2 aromatic rings. The Morgan fingerprint density at radius 3 is 2.47 bits per heavy atom. The number of hydrogen-bond acceptors (Lipinski definition) is 7. The first-order valence-electron chi connectivity index (χ1n) is 10.2. The van der Waals surface area contributed by atoms with Crippen LogP contribution < -0.4 is 11.1 Å². The number of nitrogens with two attached hydrogens (primary N) is 1. The number of benzene rings is 1. The molecule has 1 fully saturated rings. The molecule has 1 heterocycles. The van der Waals surface area contributed by atoms with E-state index in [9.17, 15) is 23.1 Å². The Kier molecular flexibility index (Phi) is 7.47. The number of aliphatic hydroxyl groups excluding tert-OH is 1. The van der Waals surface area contributed by atoms with Crippen LogP contribution in [-0.2, 0) is 19.4 Å². The highest BCUT2D eigenvalue weighted by Gasteiger charge is 2.28. The summed E-state index contributed by atoms with van der Waals surface area (Å²) in [4.78, 5) is 32.2. The Hall–Kier alpha value is -2.56. The van der Waals surface area contributed by atoms with Gasteiger partial charge in [-0.1, -0.05) is 43.4 Å². The van der Waals surface area contributed by atoms with Crippen molar-refractivity contribution in [3.63, 3.8) is 0 Å². The average Bonchev–Trinajstić information content (AvgIpc) is 3.24. The van der Waals surface area contributed by atoms with E-state index in [1.165, 1.54) is 18.3 Å². The van der Waals surface area contributed by atoms with Crippen LogP contribution in [0.5, 0.6) is 0 Å². The maximum absolute atomic E-state index is 13.2. The van der Waals surface area contributed by atoms with E-state index in [2.05, 4.69) is 15.3 Å². The number of aliphatic hydroxyl groups is 1. The van der Waals surface area contributed by atoms with Gasteiger partial charge >= 0.3 is 0 Å². The number of halogens is 1. The normalized spacial score (nSPS) is 16.5. The zero-order valence-corrected chi connectivity index (χ0v) is 19.1. The molecule has 0 saturated heterocycles. The maximum atomic E-state index is 13.2. The summed E-state index contributed by atoms with van der Waals surface area (Å²) in [6.07, 6.45) is 6.75. The molecule has 0 aliphatic heterocycles. The molecule has 2 amide bonds. The van der Waals surface area contributed by atoms with Crippen molar-refractivity contribution in [1.29, 1.82) is 0 Å². The van der Waals surface area contributed by atoms with E-state index >= 15 is 0 Å². The predicted octanol–water partition coefficient (Wildman–Crippen LogP) is 2.35. The summed E-state index contributed by atoms with van der Waals surface area (Å²) in [6.45, 7) is 0. The van der Waals surface area contributed by atoms with Crippen molar-refractivity contribution in [2.45, 2.75) is 49.0 Å². The van der Waals surface area contributed by atoms with Crippen LogP contribution in [-0.4, -0.2) is 41.6 Å². The van der Waals surface area contributed by atoms with E-state index in [-0.39, 0.29) is 27.3 Å². The van der Waals surface area contributed by atoms with E-state index in [0.717, 1.165) is 38.1 Å². The van der Waals surface area contributed by atoms with Crippen molar-refractivity contribution in [1.82, 2.24) is 9.97 Å². The van der Waals surface area contributed by atoms with Gasteiger partial charge in [-0.25, -0.2) is 13.4 Å². The molecule has 11 heteroatoms. The Morgan fingerprint density at radius 1 is 1.25 bits per heavy atom. The summed E-state index contributed by atoms with van der Waals surface area (Å²) in [7, 11) is -3.49. The van der Waals surface area contributed by atoms with Crippen LogP contribution in [0, 0.1) is 5.92 Å². The van der Waals surface area contributed by atoms with Crippen molar-refractivity contribution in [2.24, 2.45) is 11.7 Å². The fourth-order valence-electron chi connectivity index (χ4n) is 3.91. The van der Waals surface area contributed by atoms with Crippen molar-refractivity contribution in [2.75, 3.05) is 11.6 Å². The lowest BCUT2D eigenvalue weighted by molar-refractivity contribution is -0.126. The maximum Gasteiger partial charge on any atom is 0.252 e. The molecule has 0 radical (unpaired) electrons. The molecule has 1 aliphatic carbocycles. The number of primary amides is 1. The van der Waals surface area contributed by atoms with Gasteiger partial charge in [-0.05, 0) is 30.0 Å². The number of rotatable bonds is 8. The van der Waals surface area contributed by atoms with Crippen LogP contribution in [0.2, 0.25) is 5.02 Å². The van der Waals surface area contributed by atoms with Crippen molar-refractivity contribution in [3.05, 3.63) is 46.9 Å². The monoisotopic (exact) mass is 480 g/mol. The molecule has 2 atom stereocenters. The van der Waals surface area contributed by atoms with Crippen LogP contribution in [0.4, 0.5) is 5.82 Å². The van der Waals surface area contributed by atoms with Gasteiger partial charge in [0.15, 0.2) is 21.8 Å². The van der Waals surface area contributed by atoms with Gasteiger partial charge in [-0.2, -0.15) is 0 Å². The van der Waals surface area contributed by atoms with Gasteiger partial charge in [0.05, 0.1) is 33.9 Å². The second-order valence-corrected chi connectivity index (χ2v) is 10.4. The summed E-state index contributed by atoms with van der Waals surface area (Å²) in [5, 5.41) is 12.4. The molecule has 32 heavy (non-hydrogen) atoms. The van der Waals surface area contributed by atoms with Gasteiger partial charge in [0.2, 0.25) is 5.91 Å². The second-order valence-electron chi connectivity index (χ2n) is 8.02. The quantitative estimate of drug-likeness (QED) is 0.524. The lowest BCUT2D eigenvalue weighted by Crippen LogP contribution is -2.24. The van der Waals surface area contributed by atoms with E-state index in [1.54, 1.807) is 6.07 Å². The smallest absolute Gasteiger partial charge is 0.252 e. The number of nitrogens with one attached hydrogen (secondary N) is 1. The van der Waals surface area contributed by atoms with E-state index in [4.69, 9.17) is 17.3 Å². The van der Waals surface area contributed by atoms with E-state index < -0.39 is 27.8 Å². The molecule has 3 rings (SSSR count). The van der Waals surface area contributed by atoms with E-state index in [0.29, 0.717) is 17.9 Å². The topological polar surface area (TPSA) is 152 Å². The summed E-state index contributed by atoms with van der Waals surface area (Å²) < 4.78 is 23.8. The molecule has 172 valence electrons. The first kappa shape index (κ1) is 24.1. The lowest BCUT2D eigenvalue weighted by atomic mass is 9.87. The van der Waals surface area contributed by atoms with Crippen LogP contribution in [0.25, 0.3) is 0 Å². The van der Waals surface area contributed by atoms with Gasteiger partial charge in [0.25, 0.3) is 5.91 Å². The summed E-state index contributed by atoms with van der Waals surface area (Å²) in [5.74, 6) is -1.34. The Bertz CT molecular complexity index is 1100. The van der Waals surface area contributed by atoms with Crippen molar-refractivity contribution >= 4 is 39.1 Å². The molecule has 0 spiro atoms. The highest BCUT2D eigenvalue weighted by Crippen LogP contribution is 2.36. The molecule has 1 aromatic heterocycles. The highest BCUT2D eigenvalue weighted by atomic mass is 35.5. The molecule has 1 aromatic carbocycles. The standard InChI is InChI=1S/C21H25ClN4O5S/c1-32(30,31)17-7-6-13(9-15(17)22)14(8-12-4-2-3-5-12)21(29)26-18-11-24-16(10-25-18)19(27)20(23)28/h6-7,9-12,14,19,27H,2-5,8H2,1H3,(H2,23,28)(H,25,26,29)/t14-,19?/m1/s1. The molecule has 4 N–H and O–H groups in total. The van der Waals surface area contributed by atoms with Crippen LogP contribution in [0.15, 0.2) is 35.5 Å². The number of amides is 2. The zero-order chi connectivity index (χ0) is 23.5. The van der Waals surface area contributed by atoms with Crippen molar-refractivity contribution in [3.8, 4) is 0 Å². The zero-order valence-electron chi connectivity index (χ0n) is 17.5. The number of carbonyl (C=O) groups excluding carboxylic acids is 2. The van der Waals surface area contributed by atoms with Gasteiger partial charge < -0.3 is 16.2 Å². The summed E-state index contributed by atoms with van der Waals surface area (Å²) in [5.41, 5.74) is 5.63. The molecule has 1 aliphatic rings. The van der Waals surface area contributed by atoms with Gasteiger partial charge in [-0.3, -0.25) is 14.6 Å². The number of sulfone groups is 1. The molecule has 1 saturated carbocycles. The predicted molar refractivity (Wildman–Crippen MR) is 119 cm³/mol. The second kappa shape index (κ2) is 9.93. The largest absolute Gasteiger partial charge is 0.377 e. The minimum absolute atomic E-state index is 0.0115. The molecular weight excluding hydrogens is 456 g/mol. The van der Waals surface area contributed by atoms with Gasteiger partial charge in [-0.15, -0.1) is 0 Å². The first-order chi connectivity index (χ1) is 15.1. The van der Waals surface area contributed by atoms with Crippen LogP contribution >= 0.6 is 11.6 Å². The fourth-order valence-corrected chi connectivity index (χ4v) is 5.25. The molecule has 1 unspecified atom stereocenters. The molecular formula is C21H25ClN4O5S. The SMILES string of the molecule is CS(=O)(=O)c1ccc([C@@H](CC2CCCC2)C(=O)Nc2cnc(C(O)C(N)=O)cn2)cc1Cl. The number of nitrogens with zero attached hydrogens (tertiary/aromatic N) is 2. The summed E-state index contributed by atoms with van der Waals surface area (Å²) in [6, 6.07) is 4.55. The lowest BCUT2D eigenvalue weighted by Gasteiger charge is -2.21. The van der Waals surface area contributed by atoms with Crippen LogP contribution in [0.1, 0.15) is 55.4 Å². The number of anilines is 1. The summed E-state index contributed by atoms with van der Waals surface area (Å²) >= 11 is 6.22. The molecule has 0 bridgehead atoms.